The number of benzene rings is 1. The average molecular weight is 357 g/mol. The van der Waals surface area contributed by atoms with Gasteiger partial charge >= 0.3 is 6.18 Å². The summed E-state index contributed by atoms with van der Waals surface area (Å²) in [6.07, 6.45) is -4.28. The molecule has 0 unspecified atom stereocenters. The molecule has 5 nitrogen and oxygen atoms in total. The minimum absolute atomic E-state index is 0.0498. The highest BCUT2D eigenvalue weighted by atomic mass is 19.4. The molecule has 0 radical (unpaired) electrons. The first kappa shape index (κ1) is 19.2. The van der Waals surface area contributed by atoms with E-state index in [4.69, 9.17) is 0 Å². The van der Waals surface area contributed by atoms with Crippen LogP contribution in [0.5, 0.6) is 0 Å². The topological polar surface area (TPSA) is 43.9 Å². The lowest BCUT2D eigenvalue weighted by Gasteiger charge is -2.33. The van der Waals surface area contributed by atoms with Gasteiger partial charge in [0, 0.05) is 51.8 Å². The molecule has 0 N–H and O–H groups in total. The fraction of sp³-hybridized carbons (Fsp3) is 0.529. The van der Waals surface area contributed by atoms with Crippen molar-refractivity contribution in [3.05, 3.63) is 29.8 Å². The molecule has 1 aromatic rings. The predicted molar refractivity (Wildman–Crippen MR) is 88.2 cm³/mol. The minimum atomic E-state index is -4.42. The molecule has 1 aliphatic rings. The van der Waals surface area contributed by atoms with Crippen molar-refractivity contribution in [2.75, 3.05) is 44.7 Å². The zero-order chi connectivity index (χ0) is 18.6. The van der Waals surface area contributed by atoms with Gasteiger partial charge < -0.3 is 14.7 Å². The van der Waals surface area contributed by atoms with Crippen LogP contribution in [0.15, 0.2) is 24.3 Å². The number of anilines is 1. The van der Waals surface area contributed by atoms with E-state index in [1.807, 2.05) is 7.05 Å². The molecular formula is C17H22F3N3O2. The van der Waals surface area contributed by atoms with Crippen molar-refractivity contribution in [3.8, 4) is 0 Å². The SMILES string of the molecule is CC(=O)N(CCC(=O)N1CCN(C)CC1)c1ccc(C(F)(F)F)cc1. The Morgan fingerprint density at radius 1 is 1.08 bits per heavy atom. The van der Waals surface area contributed by atoms with E-state index >= 15 is 0 Å². The van der Waals surface area contributed by atoms with E-state index in [9.17, 15) is 22.8 Å². The van der Waals surface area contributed by atoms with Crippen LogP contribution in [-0.4, -0.2) is 61.4 Å². The van der Waals surface area contributed by atoms with Crippen LogP contribution in [0.25, 0.3) is 0 Å². The van der Waals surface area contributed by atoms with Crippen molar-refractivity contribution in [2.45, 2.75) is 19.5 Å². The number of likely N-dealkylation sites (N-methyl/N-ethyl adjacent to an activating group) is 1. The van der Waals surface area contributed by atoms with E-state index in [1.54, 1.807) is 4.90 Å². The molecular weight excluding hydrogens is 335 g/mol. The zero-order valence-corrected chi connectivity index (χ0v) is 14.3. The molecule has 2 rings (SSSR count). The van der Waals surface area contributed by atoms with Crippen molar-refractivity contribution in [3.63, 3.8) is 0 Å². The number of hydrogen-bond donors (Lipinski definition) is 0. The molecule has 0 atom stereocenters. The van der Waals surface area contributed by atoms with Crippen molar-refractivity contribution in [1.29, 1.82) is 0 Å². The summed E-state index contributed by atoms with van der Waals surface area (Å²) in [6.45, 7) is 4.39. The third-order valence-electron chi connectivity index (χ3n) is 4.29. The van der Waals surface area contributed by atoms with Gasteiger partial charge in [-0.25, -0.2) is 0 Å². The van der Waals surface area contributed by atoms with Crippen molar-refractivity contribution < 1.29 is 22.8 Å². The summed E-state index contributed by atoms with van der Waals surface area (Å²) in [4.78, 5) is 29.3. The summed E-state index contributed by atoms with van der Waals surface area (Å²) >= 11 is 0. The molecule has 1 aliphatic heterocycles. The van der Waals surface area contributed by atoms with Gasteiger partial charge in [0.05, 0.1) is 5.56 Å². The molecule has 0 spiro atoms. The molecule has 8 heteroatoms. The molecule has 25 heavy (non-hydrogen) atoms. The smallest absolute Gasteiger partial charge is 0.340 e. The Hall–Kier alpha value is -2.09. The van der Waals surface area contributed by atoms with Gasteiger partial charge in [-0.05, 0) is 31.3 Å². The standard InChI is InChI=1S/C17H22F3N3O2/c1-13(24)23(15-5-3-14(4-6-15)17(18,19)20)8-7-16(25)22-11-9-21(2)10-12-22/h3-6H,7-12H2,1-2H3. The van der Waals surface area contributed by atoms with E-state index in [1.165, 1.54) is 24.0 Å². The van der Waals surface area contributed by atoms with Crippen LogP contribution >= 0.6 is 0 Å². The van der Waals surface area contributed by atoms with Crippen LogP contribution in [0.3, 0.4) is 0 Å². The minimum Gasteiger partial charge on any atom is -0.340 e. The molecule has 1 aromatic carbocycles. The molecule has 0 aliphatic carbocycles. The maximum Gasteiger partial charge on any atom is 0.416 e. The number of halogens is 3. The van der Waals surface area contributed by atoms with Crippen LogP contribution in [0.1, 0.15) is 18.9 Å². The lowest BCUT2D eigenvalue weighted by molar-refractivity contribution is -0.137. The Kier molecular flexibility index (Phi) is 6.05. The van der Waals surface area contributed by atoms with Crippen LogP contribution in [0, 0.1) is 0 Å². The highest BCUT2D eigenvalue weighted by molar-refractivity contribution is 5.92. The van der Waals surface area contributed by atoms with Gasteiger partial charge in [0.2, 0.25) is 11.8 Å². The molecule has 0 aromatic heterocycles. The molecule has 1 saturated heterocycles. The van der Waals surface area contributed by atoms with Gasteiger partial charge in [-0.2, -0.15) is 13.2 Å². The van der Waals surface area contributed by atoms with Gasteiger partial charge in [0.1, 0.15) is 0 Å². The Morgan fingerprint density at radius 3 is 2.12 bits per heavy atom. The number of rotatable bonds is 4. The van der Waals surface area contributed by atoms with Gasteiger partial charge in [0.15, 0.2) is 0 Å². The van der Waals surface area contributed by atoms with Gasteiger partial charge in [-0.15, -0.1) is 0 Å². The second-order valence-electron chi connectivity index (χ2n) is 6.15. The quantitative estimate of drug-likeness (QED) is 0.830. The largest absolute Gasteiger partial charge is 0.416 e. The number of amides is 2. The predicted octanol–water partition coefficient (Wildman–Crippen LogP) is 2.22. The first-order valence-corrected chi connectivity index (χ1v) is 8.10. The van der Waals surface area contributed by atoms with Crippen LogP contribution in [0.2, 0.25) is 0 Å². The highest BCUT2D eigenvalue weighted by Gasteiger charge is 2.30. The molecule has 2 amide bonds. The summed E-state index contributed by atoms with van der Waals surface area (Å²) in [5.41, 5.74) is -0.417. The number of alkyl halides is 3. The molecule has 1 heterocycles. The first-order chi connectivity index (χ1) is 11.7. The number of hydrogen-bond acceptors (Lipinski definition) is 3. The number of carbonyl (C=O) groups excluding carboxylic acids is 2. The summed E-state index contributed by atoms with van der Waals surface area (Å²) in [5, 5.41) is 0. The Bertz CT molecular complexity index is 609. The third-order valence-corrected chi connectivity index (χ3v) is 4.29. The van der Waals surface area contributed by atoms with Crippen LogP contribution in [-0.2, 0) is 15.8 Å². The maximum absolute atomic E-state index is 12.6. The highest BCUT2D eigenvalue weighted by Crippen LogP contribution is 2.30. The number of piperazine rings is 1. The van der Waals surface area contributed by atoms with Gasteiger partial charge in [-0.1, -0.05) is 0 Å². The number of carbonyl (C=O) groups is 2. The summed E-state index contributed by atoms with van der Waals surface area (Å²) in [5.74, 6) is -0.364. The average Bonchev–Trinajstić information content (AvgIpc) is 2.55. The van der Waals surface area contributed by atoms with Crippen molar-refractivity contribution in [2.24, 2.45) is 0 Å². The van der Waals surface area contributed by atoms with Crippen molar-refractivity contribution >= 4 is 17.5 Å². The second kappa shape index (κ2) is 7.86. The maximum atomic E-state index is 12.6. The Morgan fingerprint density at radius 2 is 1.64 bits per heavy atom. The van der Waals surface area contributed by atoms with E-state index < -0.39 is 11.7 Å². The molecule has 0 bridgehead atoms. The number of nitrogens with zero attached hydrogens (tertiary/aromatic N) is 3. The third kappa shape index (κ3) is 5.19. The monoisotopic (exact) mass is 357 g/mol. The van der Waals surface area contributed by atoms with Crippen LogP contribution in [0.4, 0.5) is 18.9 Å². The molecule has 138 valence electrons. The zero-order valence-electron chi connectivity index (χ0n) is 14.3. The summed E-state index contributed by atoms with van der Waals surface area (Å²) in [6, 6.07) is 4.39. The Balaban J connectivity index is 1.99. The van der Waals surface area contributed by atoms with E-state index in [2.05, 4.69) is 4.90 Å². The Labute approximate surface area is 145 Å². The van der Waals surface area contributed by atoms with E-state index in [-0.39, 0.29) is 24.8 Å². The summed E-state index contributed by atoms with van der Waals surface area (Å²) in [7, 11) is 1.99. The van der Waals surface area contributed by atoms with Crippen molar-refractivity contribution in [1.82, 2.24) is 9.80 Å². The molecule has 1 fully saturated rings. The lowest BCUT2D eigenvalue weighted by Crippen LogP contribution is -2.47. The fourth-order valence-corrected chi connectivity index (χ4v) is 2.72. The van der Waals surface area contributed by atoms with E-state index in [0.717, 1.165) is 25.2 Å². The van der Waals surface area contributed by atoms with E-state index in [0.29, 0.717) is 18.8 Å². The lowest BCUT2D eigenvalue weighted by atomic mass is 10.1. The summed E-state index contributed by atoms with van der Waals surface area (Å²) < 4.78 is 37.9. The normalized spacial score (nSPS) is 16.0. The molecule has 0 saturated carbocycles. The second-order valence-corrected chi connectivity index (χ2v) is 6.15. The van der Waals surface area contributed by atoms with Gasteiger partial charge in [-0.3, -0.25) is 9.59 Å². The fourth-order valence-electron chi connectivity index (χ4n) is 2.72. The first-order valence-electron chi connectivity index (χ1n) is 8.10. The van der Waals surface area contributed by atoms with Gasteiger partial charge in [0.25, 0.3) is 0 Å². The van der Waals surface area contributed by atoms with Crippen LogP contribution < -0.4 is 4.90 Å².